The van der Waals surface area contributed by atoms with Crippen molar-refractivity contribution in [1.29, 1.82) is 0 Å². The molecule has 30 heavy (non-hydrogen) atoms. The van der Waals surface area contributed by atoms with Crippen molar-refractivity contribution < 1.29 is 33.3 Å². The fraction of sp³-hybridized carbons (Fsp3) is 0.455. The number of ether oxygens (including phenoxy) is 5. The molecule has 8 heteroatoms. The molecule has 1 aromatic heterocycles. The number of rotatable bonds is 5. The van der Waals surface area contributed by atoms with Gasteiger partial charge in [-0.1, -0.05) is 30.3 Å². The molecule has 4 atom stereocenters. The van der Waals surface area contributed by atoms with Crippen LogP contribution in [0.1, 0.15) is 41.5 Å². The lowest BCUT2D eigenvalue weighted by atomic mass is 10.1. The fourth-order valence-electron chi connectivity index (χ4n) is 4.08. The number of benzene rings is 1. The normalized spacial score (nSPS) is 26.9. The van der Waals surface area contributed by atoms with Crippen molar-refractivity contribution in [1.82, 2.24) is 4.57 Å². The molecule has 0 amide bonds. The maximum Gasteiger partial charge on any atom is 0.339 e. The molecular formula is C22H25NO7. The second-order valence-electron chi connectivity index (χ2n) is 7.82. The minimum atomic E-state index is -0.937. The molecule has 2 aromatic rings. The van der Waals surface area contributed by atoms with E-state index >= 15 is 0 Å². The van der Waals surface area contributed by atoms with Gasteiger partial charge in [0.15, 0.2) is 18.2 Å². The molecule has 2 aliphatic heterocycles. The highest BCUT2D eigenvalue weighted by molar-refractivity contribution is 5.89. The second kappa shape index (κ2) is 7.86. The van der Waals surface area contributed by atoms with E-state index in [1.165, 1.54) is 14.2 Å². The molecule has 0 unspecified atom stereocenters. The van der Waals surface area contributed by atoms with E-state index in [0.717, 1.165) is 11.3 Å². The highest BCUT2D eigenvalue weighted by Gasteiger charge is 2.58. The summed E-state index contributed by atoms with van der Waals surface area (Å²) in [6.07, 6.45) is 0.0160. The molecule has 2 fully saturated rings. The van der Waals surface area contributed by atoms with Crippen molar-refractivity contribution in [2.45, 2.75) is 50.6 Å². The van der Waals surface area contributed by atoms with Gasteiger partial charge in [-0.3, -0.25) is 0 Å². The summed E-state index contributed by atoms with van der Waals surface area (Å²) in [6, 6.07) is 11.0. The van der Waals surface area contributed by atoms with Gasteiger partial charge in [0.1, 0.15) is 12.1 Å². The molecule has 2 saturated heterocycles. The van der Waals surface area contributed by atoms with Crippen LogP contribution in [0.3, 0.4) is 0 Å². The Labute approximate surface area is 174 Å². The van der Waals surface area contributed by atoms with E-state index in [0.29, 0.717) is 12.0 Å². The van der Waals surface area contributed by atoms with E-state index in [1.54, 1.807) is 26.1 Å². The van der Waals surface area contributed by atoms with Crippen molar-refractivity contribution in [3.05, 3.63) is 59.4 Å². The third-order valence-corrected chi connectivity index (χ3v) is 5.35. The molecule has 0 radical (unpaired) electrons. The molecule has 8 nitrogen and oxygen atoms in total. The predicted octanol–water partition coefficient (Wildman–Crippen LogP) is 2.46. The van der Waals surface area contributed by atoms with Gasteiger partial charge in [-0.25, -0.2) is 9.59 Å². The maximum absolute atomic E-state index is 12.5. The van der Waals surface area contributed by atoms with Gasteiger partial charge in [0.2, 0.25) is 0 Å². The number of methoxy groups -OCH3 is 2. The average Bonchev–Trinajstić information content (AvgIpc) is 3.37. The van der Waals surface area contributed by atoms with Crippen LogP contribution in [0.5, 0.6) is 0 Å². The van der Waals surface area contributed by atoms with Crippen LogP contribution < -0.4 is 0 Å². The van der Waals surface area contributed by atoms with Crippen LogP contribution in [-0.2, 0) is 34.9 Å². The number of nitrogens with zero attached hydrogens (tertiary/aromatic N) is 1. The molecule has 1 aromatic carbocycles. The minimum Gasteiger partial charge on any atom is -0.467 e. The first-order chi connectivity index (χ1) is 14.3. The van der Waals surface area contributed by atoms with E-state index < -0.39 is 42.3 Å². The molecule has 4 rings (SSSR count). The van der Waals surface area contributed by atoms with E-state index in [9.17, 15) is 9.59 Å². The van der Waals surface area contributed by atoms with Gasteiger partial charge in [0, 0.05) is 18.3 Å². The summed E-state index contributed by atoms with van der Waals surface area (Å²) in [5.41, 5.74) is 2.26. The first kappa shape index (κ1) is 20.6. The zero-order chi connectivity index (χ0) is 21.5. The van der Waals surface area contributed by atoms with Crippen LogP contribution in [-0.4, -0.2) is 55.0 Å². The van der Waals surface area contributed by atoms with Gasteiger partial charge >= 0.3 is 11.9 Å². The Morgan fingerprint density at radius 3 is 2.50 bits per heavy atom. The summed E-state index contributed by atoms with van der Waals surface area (Å²) in [4.78, 5) is 24.7. The summed E-state index contributed by atoms with van der Waals surface area (Å²) in [7, 11) is 2.64. The lowest BCUT2D eigenvalue weighted by Crippen LogP contribution is -2.37. The largest absolute Gasteiger partial charge is 0.467 e. The van der Waals surface area contributed by atoms with Gasteiger partial charge in [-0.15, -0.1) is 0 Å². The number of hydrogen-bond donors (Lipinski definition) is 0. The Hall–Kier alpha value is -2.68. The van der Waals surface area contributed by atoms with Crippen molar-refractivity contribution in [3.63, 3.8) is 0 Å². The summed E-state index contributed by atoms with van der Waals surface area (Å²) in [5, 5.41) is 0. The predicted molar refractivity (Wildman–Crippen MR) is 105 cm³/mol. The Morgan fingerprint density at radius 1 is 1.10 bits per heavy atom. The quantitative estimate of drug-likeness (QED) is 0.694. The molecule has 0 spiro atoms. The molecule has 3 heterocycles. The molecule has 0 N–H and O–H groups in total. The lowest BCUT2D eigenvalue weighted by molar-refractivity contribution is -0.214. The summed E-state index contributed by atoms with van der Waals surface area (Å²) in [6.45, 7) is 3.58. The minimum absolute atomic E-state index is 0.383. The monoisotopic (exact) mass is 415 g/mol. The van der Waals surface area contributed by atoms with E-state index in [4.69, 9.17) is 23.7 Å². The van der Waals surface area contributed by atoms with Gasteiger partial charge in [0.05, 0.1) is 19.8 Å². The zero-order valence-electron chi connectivity index (χ0n) is 17.4. The number of hydrogen-bond acceptors (Lipinski definition) is 7. The third kappa shape index (κ3) is 3.74. The van der Waals surface area contributed by atoms with Crippen LogP contribution in [0.25, 0.3) is 0 Å². The van der Waals surface area contributed by atoms with Crippen molar-refractivity contribution in [2.24, 2.45) is 0 Å². The van der Waals surface area contributed by atoms with Crippen LogP contribution in [0.2, 0.25) is 0 Å². The van der Waals surface area contributed by atoms with Crippen LogP contribution >= 0.6 is 0 Å². The summed E-state index contributed by atoms with van der Waals surface area (Å²) >= 11 is 0. The highest BCUT2D eigenvalue weighted by Crippen LogP contribution is 2.44. The van der Waals surface area contributed by atoms with Crippen LogP contribution in [0, 0.1) is 0 Å². The van der Waals surface area contributed by atoms with E-state index in [-0.39, 0.29) is 0 Å². The van der Waals surface area contributed by atoms with Crippen molar-refractivity contribution >= 4 is 11.9 Å². The number of aromatic nitrogens is 1. The number of fused-ring (bicyclic) bond motifs is 1. The topological polar surface area (TPSA) is 85.2 Å². The molecule has 0 saturated carbocycles. The SMILES string of the molecule is COC(=O)c1cc(Cc2ccccc2)n([C@@H]2[C@H]3OC(C)(C)O[C@H]3O[C@@H]2C(=O)OC)c1. The standard InChI is InChI=1S/C22H25NO7/c1-22(2)29-18-16(17(20(25)27-4)28-21(18)30-22)23-12-14(19(24)26-3)11-15(23)10-13-8-6-5-7-9-13/h5-9,11-12,16-18,21H,10H2,1-4H3/t16-,17-,18+,21+/m0/s1. The van der Waals surface area contributed by atoms with Gasteiger partial charge in [-0.2, -0.15) is 0 Å². The number of esters is 2. The molecule has 2 aliphatic rings. The van der Waals surface area contributed by atoms with Crippen LogP contribution in [0.15, 0.2) is 42.6 Å². The molecular weight excluding hydrogens is 390 g/mol. The van der Waals surface area contributed by atoms with Crippen molar-refractivity contribution in [2.75, 3.05) is 14.2 Å². The summed E-state index contributed by atoms with van der Waals surface area (Å²) in [5.74, 6) is -1.84. The lowest BCUT2D eigenvalue weighted by Gasteiger charge is -2.27. The Morgan fingerprint density at radius 2 is 1.83 bits per heavy atom. The first-order valence-corrected chi connectivity index (χ1v) is 9.75. The van der Waals surface area contributed by atoms with Crippen LogP contribution in [0.4, 0.5) is 0 Å². The average molecular weight is 415 g/mol. The molecule has 160 valence electrons. The molecule has 0 bridgehead atoms. The Bertz CT molecular complexity index is 936. The second-order valence-corrected chi connectivity index (χ2v) is 7.82. The van der Waals surface area contributed by atoms with E-state index in [2.05, 4.69) is 0 Å². The first-order valence-electron chi connectivity index (χ1n) is 9.75. The third-order valence-electron chi connectivity index (χ3n) is 5.35. The van der Waals surface area contributed by atoms with E-state index in [1.807, 2.05) is 34.9 Å². The van der Waals surface area contributed by atoms with Gasteiger partial charge in [-0.05, 0) is 25.5 Å². The Kier molecular flexibility index (Phi) is 5.40. The Balaban J connectivity index is 1.78. The van der Waals surface area contributed by atoms with Crippen molar-refractivity contribution in [3.8, 4) is 0 Å². The molecule has 0 aliphatic carbocycles. The zero-order valence-corrected chi connectivity index (χ0v) is 17.4. The van der Waals surface area contributed by atoms with Gasteiger partial charge < -0.3 is 28.3 Å². The number of carbonyl (C=O) groups is 2. The maximum atomic E-state index is 12.5. The van der Waals surface area contributed by atoms with Gasteiger partial charge in [0.25, 0.3) is 0 Å². The fourth-order valence-corrected chi connectivity index (χ4v) is 4.08. The summed E-state index contributed by atoms with van der Waals surface area (Å²) < 4.78 is 29.5. The number of carbonyl (C=O) groups excluding carboxylic acids is 2. The highest BCUT2D eigenvalue weighted by atomic mass is 16.8. The smallest absolute Gasteiger partial charge is 0.339 e.